The van der Waals surface area contributed by atoms with Crippen molar-refractivity contribution < 1.29 is 26.7 Å². The van der Waals surface area contributed by atoms with E-state index in [-0.39, 0.29) is 28.3 Å². The molecule has 0 spiro atoms. The summed E-state index contributed by atoms with van der Waals surface area (Å²) >= 11 is 0. The van der Waals surface area contributed by atoms with E-state index < -0.39 is 26.0 Å². The molecule has 1 aromatic rings. The summed E-state index contributed by atoms with van der Waals surface area (Å²) < 4.78 is 51.2. The van der Waals surface area contributed by atoms with E-state index >= 15 is 0 Å². The molecule has 8 nitrogen and oxygen atoms in total. The fourth-order valence-electron chi connectivity index (χ4n) is 1.75. The van der Waals surface area contributed by atoms with Gasteiger partial charge in [-0.1, -0.05) is 0 Å². The summed E-state index contributed by atoms with van der Waals surface area (Å²) in [6, 6.07) is 3.64. The van der Waals surface area contributed by atoms with Crippen molar-refractivity contribution in [1.29, 1.82) is 0 Å². The summed E-state index contributed by atoms with van der Waals surface area (Å²) in [6.45, 7) is 1.31. The largest absolute Gasteiger partial charge is 0.481 e. The molecule has 0 aromatic heterocycles. The number of carbonyl (C=O) groups is 1. The third-order valence-electron chi connectivity index (χ3n) is 3.05. The first-order valence-electron chi connectivity index (χ1n) is 6.24. The van der Waals surface area contributed by atoms with Gasteiger partial charge >= 0.3 is 5.97 Å². The lowest BCUT2D eigenvalue weighted by molar-refractivity contribution is -0.137. The van der Waals surface area contributed by atoms with Crippen molar-refractivity contribution in [2.45, 2.75) is 23.1 Å². The normalized spacial score (nSPS) is 12.5. The molecule has 0 heterocycles. The average molecular weight is 350 g/mol. The molecule has 0 saturated heterocycles. The number of nitrogens with zero attached hydrogens (tertiary/aromatic N) is 1. The molecule has 0 aliphatic rings. The minimum absolute atomic E-state index is 0.0119. The molecule has 0 fully saturated rings. The molecule has 0 bridgehead atoms. The fraction of sp³-hybridized carbons (Fsp3) is 0.417. The van der Waals surface area contributed by atoms with E-state index in [1.807, 2.05) is 0 Å². The van der Waals surface area contributed by atoms with Crippen LogP contribution in [0.3, 0.4) is 0 Å². The average Bonchev–Trinajstić information content (AvgIpc) is 2.44. The molecular formula is C12H18N2O6S2. The second-order valence-electron chi connectivity index (χ2n) is 4.61. The Balaban J connectivity index is 3.18. The Kier molecular flexibility index (Phi) is 5.68. The van der Waals surface area contributed by atoms with Crippen molar-refractivity contribution in [3.63, 3.8) is 0 Å². The lowest BCUT2D eigenvalue weighted by atomic mass is 10.2. The van der Waals surface area contributed by atoms with Gasteiger partial charge in [-0.15, -0.1) is 0 Å². The van der Waals surface area contributed by atoms with Crippen LogP contribution < -0.4 is 4.72 Å². The van der Waals surface area contributed by atoms with Gasteiger partial charge in [0.1, 0.15) is 0 Å². The summed E-state index contributed by atoms with van der Waals surface area (Å²) in [5.74, 6) is -1.10. The van der Waals surface area contributed by atoms with Crippen LogP contribution in [0.1, 0.15) is 12.0 Å². The van der Waals surface area contributed by atoms with E-state index in [4.69, 9.17) is 5.11 Å². The molecule has 0 aliphatic carbocycles. The lowest BCUT2D eigenvalue weighted by Crippen LogP contribution is -2.29. The molecule has 0 aliphatic heterocycles. The smallest absolute Gasteiger partial charge is 0.304 e. The van der Waals surface area contributed by atoms with Crippen LogP contribution in [0.5, 0.6) is 0 Å². The molecule has 0 saturated carbocycles. The predicted octanol–water partition coefficient (Wildman–Crippen LogP) is -0.00168. The first-order chi connectivity index (χ1) is 10.0. The maximum atomic E-state index is 12.3. The van der Waals surface area contributed by atoms with Crippen LogP contribution in [0.4, 0.5) is 0 Å². The number of hydrogen-bond acceptors (Lipinski definition) is 5. The van der Waals surface area contributed by atoms with Gasteiger partial charge in [-0.25, -0.2) is 25.9 Å². The number of sulfonamides is 2. The second kappa shape index (κ2) is 6.73. The number of hydrogen-bond donors (Lipinski definition) is 2. The van der Waals surface area contributed by atoms with Gasteiger partial charge in [-0.2, -0.15) is 0 Å². The molecule has 124 valence electrons. The molecule has 0 atom stereocenters. The molecule has 1 rings (SSSR count). The lowest BCUT2D eigenvalue weighted by Gasteiger charge is -2.17. The van der Waals surface area contributed by atoms with Crippen molar-refractivity contribution in [2.24, 2.45) is 0 Å². The van der Waals surface area contributed by atoms with Crippen molar-refractivity contribution in [3.8, 4) is 0 Å². The van der Waals surface area contributed by atoms with E-state index in [9.17, 15) is 21.6 Å². The molecule has 0 unspecified atom stereocenters. The van der Waals surface area contributed by atoms with Crippen LogP contribution in [-0.4, -0.2) is 52.9 Å². The molecule has 22 heavy (non-hydrogen) atoms. The molecule has 1 aromatic carbocycles. The van der Waals surface area contributed by atoms with Crippen LogP contribution in [0.15, 0.2) is 28.0 Å². The van der Waals surface area contributed by atoms with Crippen molar-refractivity contribution in [2.75, 3.05) is 20.6 Å². The van der Waals surface area contributed by atoms with Gasteiger partial charge in [0.25, 0.3) is 0 Å². The minimum Gasteiger partial charge on any atom is -0.481 e. The Hall–Kier alpha value is -1.49. The Bertz CT molecular complexity index is 771. The van der Waals surface area contributed by atoms with Gasteiger partial charge in [0.15, 0.2) is 0 Å². The Morgan fingerprint density at radius 2 is 1.86 bits per heavy atom. The highest BCUT2D eigenvalue weighted by Crippen LogP contribution is 2.21. The van der Waals surface area contributed by atoms with Crippen LogP contribution in [0.25, 0.3) is 0 Å². The third-order valence-corrected chi connectivity index (χ3v) is 6.48. The third kappa shape index (κ3) is 4.03. The summed E-state index contributed by atoms with van der Waals surface area (Å²) in [5.41, 5.74) is 0.280. The zero-order chi connectivity index (χ0) is 17.1. The fourth-order valence-corrected chi connectivity index (χ4v) is 3.95. The van der Waals surface area contributed by atoms with Crippen molar-refractivity contribution in [3.05, 3.63) is 23.8 Å². The highest BCUT2D eigenvalue weighted by atomic mass is 32.2. The number of carboxylic acids is 1. The molecule has 0 radical (unpaired) electrons. The number of nitrogens with one attached hydrogen (secondary N) is 1. The standard InChI is InChI=1S/C12H18N2O6S2/c1-9-8-10(4-5-11(9)21(17,18)13-2)22(19,20)14(3)7-6-12(15)16/h4-5,8,13H,6-7H2,1-3H3,(H,15,16). The van der Waals surface area contributed by atoms with Gasteiger partial charge in [-0.05, 0) is 37.7 Å². The summed E-state index contributed by atoms with van der Waals surface area (Å²) in [6.07, 6.45) is -0.319. The number of aryl methyl sites for hydroxylation is 1. The van der Waals surface area contributed by atoms with Gasteiger partial charge in [0, 0.05) is 13.6 Å². The summed E-state index contributed by atoms with van der Waals surface area (Å²) in [7, 11) is -5.01. The Morgan fingerprint density at radius 1 is 1.27 bits per heavy atom. The topological polar surface area (TPSA) is 121 Å². The van der Waals surface area contributed by atoms with E-state index in [1.54, 1.807) is 0 Å². The zero-order valence-electron chi connectivity index (χ0n) is 12.4. The Morgan fingerprint density at radius 3 is 2.32 bits per heavy atom. The van der Waals surface area contributed by atoms with E-state index in [0.717, 1.165) is 4.31 Å². The van der Waals surface area contributed by atoms with E-state index in [2.05, 4.69) is 4.72 Å². The number of aliphatic carboxylic acids is 1. The highest BCUT2D eigenvalue weighted by molar-refractivity contribution is 7.89. The second-order valence-corrected chi connectivity index (χ2v) is 8.51. The number of carboxylic acid groups (broad SMARTS) is 1. The molecule has 0 amide bonds. The quantitative estimate of drug-likeness (QED) is 0.714. The molecular weight excluding hydrogens is 332 g/mol. The van der Waals surface area contributed by atoms with Gasteiger partial charge in [0.2, 0.25) is 20.0 Å². The zero-order valence-corrected chi connectivity index (χ0v) is 14.0. The number of benzene rings is 1. The van der Waals surface area contributed by atoms with Gasteiger partial charge < -0.3 is 5.11 Å². The Labute approximate surface area is 129 Å². The first kappa shape index (κ1) is 18.6. The minimum atomic E-state index is -3.87. The maximum absolute atomic E-state index is 12.3. The maximum Gasteiger partial charge on any atom is 0.304 e. The first-order valence-corrected chi connectivity index (χ1v) is 9.17. The van der Waals surface area contributed by atoms with E-state index in [1.165, 1.54) is 39.2 Å². The van der Waals surface area contributed by atoms with Gasteiger partial charge in [-0.3, -0.25) is 4.79 Å². The van der Waals surface area contributed by atoms with E-state index in [0.29, 0.717) is 0 Å². The van der Waals surface area contributed by atoms with Crippen molar-refractivity contribution in [1.82, 2.24) is 9.03 Å². The van der Waals surface area contributed by atoms with Crippen LogP contribution in [0.2, 0.25) is 0 Å². The molecule has 10 heteroatoms. The van der Waals surface area contributed by atoms with Gasteiger partial charge in [0.05, 0.1) is 16.2 Å². The van der Waals surface area contributed by atoms with Crippen LogP contribution in [0, 0.1) is 6.92 Å². The summed E-state index contributed by atoms with van der Waals surface area (Å²) in [4.78, 5) is 10.4. The highest BCUT2D eigenvalue weighted by Gasteiger charge is 2.23. The SMILES string of the molecule is CNS(=O)(=O)c1ccc(S(=O)(=O)N(C)CCC(=O)O)cc1C. The predicted molar refractivity (Wildman–Crippen MR) is 79.5 cm³/mol. The number of rotatable bonds is 7. The summed E-state index contributed by atoms with van der Waals surface area (Å²) in [5, 5.41) is 8.60. The van der Waals surface area contributed by atoms with Crippen molar-refractivity contribution >= 4 is 26.0 Å². The molecule has 2 N–H and O–H groups in total. The van der Waals surface area contributed by atoms with Crippen LogP contribution >= 0.6 is 0 Å². The monoisotopic (exact) mass is 350 g/mol. The van der Waals surface area contributed by atoms with Crippen LogP contribution in [-0.2, 0) is 24.8 Å².